The summed E-state index contributed by atoms with van der Waals surface area (Å²) >= 11 is 0. The Morgan fingerprint density at radius 1 is 0.667 bits per heavy atom. The van der Waals surface area contributed by atoms with Crippen molar-refractivity contribution in [3.63, 3.8) is 0 Å². The molecule has 0 bridgehead atoms. The molecule has 1 aliphatic heterocycles. The van der Waals surface area contributed by atoms with Gasteiger partial charge >= 0.3 is 0 Å². The lowest BCUT2D eigenvalue weighted by Crippen LogP contribution is -2.24. The third-order valence-electron chi connectivity index (χ3n) is 5.65. The summed E-state index contributed by atoms with van der Waals surface area (Å²) in [6.07, 6.45) is 3.52. The number of para-hydroxylation sites is 1. The van der Waals surface area contributed by atoms with Crippen molar-refractivity contribution >= 4 is 23.0 Å². The molecule has 1 aliphatic rings. The van der Waals surface area contributed by atoms with Crippen LogP contribution in [0.25, 0.3) is 11.1 Å². The topological polar surface area (TPSA) is 32.3 Å². The summed E-state index contributed by atoms with van der Waals surface area (Å²) in [4.78, 5) is 13.7. The monoisotopic (exact) mass is 392 g/mol. The maximum Gasteiger partial charge on any atom is 0.178 e. The zero-order chi connectivity index (χ0) is 20.7. The average molecular weight is 393 g/mol. The van der Waals surface area contributed by atoms with Crippen molar-refractivity contribution in [3.05, 3.63) is 95.8 Å². The van der Waals surface area contributed by atoms with Crippen LogP contribution in [-0.2, 0) is 0 Å². The van der Waals surface area contributed by atoms with Gasteiger partial charge in [-0.2, -0.15) is 0 Å². The van der Waals surface area contributed by atoms with Gasteiger partial charge in [0.2, 0.25) is 0 Å². The number of hydrogen-bond donors (Lipinski definition) is 0. The quantitative estimate of drug-likeness (QED) is 0.409. The highest BCUT2D eigenvalue weighted by Crippen LogP contribution is 2.42. The minimum absolute atomic E-state index is 0.679. The molecule has 0 radical (unpaired) electrons. The molecular formula is C26H24N4. The average Bonchev–Trinajstić information content (AvgIpc) is 3.14. The first-order valence-corrected chi connectivity index (χ1v) is 10.2. The maximum atomic E-state index is 4.66. The molecule has 2 heterocycles. The predicted molar refractivity (Wildman–Crippen MR) is 124 cm³/mol. The van der Waals surface area contributed by atoms with Crippen LogP contribution >= 0.6 is 0 Å². The minimum atomic E-state index is 0.679. The van der Waals surface area contributed by atoms with Crippen molar-refractivity contribution in [2.75, 3.05) is 16.5 Å². The summed E-state index contributed by atoms with van der Waals surface area (Å²) in [5.74, 6) is 1.77. The van der Waals surface area contributed by atoms with Gasteiger partial charge in [-0.3, -0.25) is 0 Å². The molecule has 4 aromatic rings. The Morgan fingerprint density at radius 2 is 1.27 bits per heavy atom. The molecule has 30 heavy (non-hydrogen) atoms. The largest absolute Gasteiger partial charge is 0.305 e. The van der Waals surface area contributed by atoms with E-state index in [4.69, 9.17) is 0 Å². The van der Waals surface area contributed by atoms with Crippen LogP contribution in [-0.4, -0.2) is 16.6 Å². The molecule has 0 N–H and O–H groups in total. The van der Waals surface area contributed by atoms with Gasteiger partial charge in [-0.25, -0.2) is 9.97 Å². The highest BCUT2D eigenvalue weighted by Gasteiger charge is 2.30. The van der Waals surface area contributed by atoms with Crippen molar-refractivity contribution < 1.29 is 0 Å². The molecule has 0 saturated heterocycles. The number of fused-ring (bicyclic) bond motifs is 1. The van der Waals surface area contributed by atoms with Crippen LogP contribution in [0.4, 0.5) is 23.0 Å². The normalized spacial score (nSPS) is 12.9. The maximum absolute atomic E-state index is 4.66. The summed E-state index contributed by atoms with van der Waals surface area (Å²) in [7, 11) is 0. The first-order valence-electron chi connectivity index (χ1n) is 10.2. The van der Waals surface area contributed by atoms with E-state index in [-0.39, 0.29) is 0 Å². The summed E-state index contributed by atoms with van der Waals surface area (Å²) in [5.41, 5.74) is 8.67. The molecule has 148 valence electrons. The van der Waals surface area contributed by atoms with Crippen LogP contribution in [0.1, 0.15) is 16.7 Å². The highest BCUT2D eigenvalue weighted by molar-refractivity contribution is 5.83. The Morgan fingerprint density at radius 3 is 1.93 bits per heavy atom. The number of rotatable bonds is 3. The SMILES string of the molecule is Cc1cc(C)c(-c2cccc(N3CN(c4ccccc4)c4nccnc43)c2)c(C)c1. The number of nitrogens with zero attached hydrogens (tertiary/aromatic N) is 4. The molecule has 4 heteroatoms. The molecule has 0 spiro atoms. The van der Waals surface area contributed by atoms with Crippen LogP contribution in [0.5, 0.6) is 0 Å². The Bertz CT molecular complexity index is 1190. The molecule has 5 rings (SSSR count). The molecule has 0 aliphatic carbocycles. The fraction of sp³-hybridized carbons (Fsp3) is 0.154. The summed E-state index contributed by atoms with van der Waals surface area (Å²) < 4.78 is 0. The van der Waals surface area contributed by atoms with Gasteiger partial charge in [-0.05, 0) is 67.3 Å². The van der Waals surface area contributed by atoms with E-state index in [0.29, 0.717) is 6.67 Å². The molecular weight excluding hydrogens is 368 g/mol. The van der Waals surface area contributed by atoms with Gasteiger partial charge in [0.15, 0.2) is 11.6 Å². The van der Waals surface area contributed by atoms with E-state index in [1.807, 2.05) is 6.07 Å². The molecule has 0 fully saturated rings. The number of hydrogen-bond acceptors (Lipinski definition) is 4. The minimum Gasteiger partial charge on any atom is -0.305 e. The number of aryl methyl sites for hydroxylation is 3. The van der Waals surface area contributed by atoms with E-state index < -0.39 is 0 Å². The van der Waals surface area contributed by atoms with E-state index in [1.165, 1.54) is 27.8 Å². The summed E-state index contributed by atoms with van der Waals surface area (Å²) in [5, 5.41) is 0. The summed E-state index contributed by atoms with van der Waals surface area (Å²) in [6, 6.07) is 23.6. The van der Waals surface area contributed by atoms with Crippen LogP contribution in [0, 0.1) is 20.8 Å². The van der Waals surface area contributed by atoms with E-state index in [2.05, 4.69) is 101 Å². The Labute approximate surface area is 177 Å². The van der Waals surface area contributed by atoms with Crippen molar-refractivity contribution in [2.24, 2.45) is 0 Å². The second-order valence-corrected chi connectivity index (χ2v) is 7.86. The van der Waals surface area contributed by atoms with Crippen LogP contribution in [0.2, 0.25) is 0 Å². The molecule has 0 atom stereocenters. The predicted octanol–water partition coefficient (Wildman–Crippen LogP) is 6.32. The Kier molecular flexibility index (Phi) is 4.47. The molecule has 4 nitrogen and oxygen atoms in total. The van der Waals surface area contributed by atoms with Crippen molar-refractivity contribution in [1.82, 2.24) is 9.97 Å². The van der Waals surface area contributed by atoms with Crippen molar-refractivity contribution in [1.29, 1.82) is 0 Å². The molecule has 0 saturated carbocycles. The Hall–Kier alpha value is -3.66. The van der Waals surface area contributed by atoms with Gasteiger partial charge in [0.25, 0.3) is 0 Å². The third kappa shape index (κ3) is 3.11. The smallest absolute Gasteiger partial charge is 0.178 e. The van der Waals surface area contributed by atoms with Gasteiger partial charge in [0, 0.05) is 23.8 Å². The van der Waals surface area contributed by atoms with Crippen LogP contribution < -0.4 is 9.80 Å². The third-order valence-corrected chi connectivity index (χ3v) is 5.65. The van der Waals surface area contributed by atoms with Gasteiger partial charge in [0.1, 0.15) is 6.67 Å². The first kappa shape index (κ1) is 18.4. The van der Waals surface area contributed by atoms with Crippen molar-refractivity contribution in [3.8, 4) is 11.1 Å². The fourth-order valence-electron chi connectivity index (χ4n) is 4.46. The van der Waals surface area contributed by atoms with Crippen molar-refractivity contribution in [2.45, 2.75) is 20.8 Å². The van der Waals surface area contributed by atoms with E-state index in [1.54, 1.807) is 12.4 Å². The molecule has 3 aromatic carbocycles. The molecule has 0 amide bonds. The van der Waals surface area contributed by atoms with Gasteiger partial charge in [-0.1, -0.05) is 48.0 Å². The second-order valence-electron chi connectivity index (χ2n) is 7.86. The molecule has 1 aromatic heterocycles. The molecule has 0 unspecified atom stereocenters. The van der Waals surface area contributed by atoms with Crippen LogP contribution in [0.15, 0.2) is 79.1 Å². The summed E-state index contributed by atoms with van der Waals surface area (Å²) in [6.45, 7) is 7.21. The highest BCUT2D eigenvalue weighted by atomic mass is 15.4. The second kappa shape index (κ2) is 7.30. The zero-order valence-electron chi connectivity index (χ0n) is 17.5. The van der Waals surface area contributed by atoms with Crippen LogP contribution in [0.3, 0.4) is 0 Å². The van der Waals surface area contributed by atoms with Gasteiger partial charge in [0.05, 0.1) is 0 Å². The van der Waals surface area contributed by atoms with E-state index in [0.717, 1.165) is 23.0 Å². The lowest BCUT2D eigenvalue weighted by atomic mass is 9.93. The van der Waals surface area contributed by atoms with E-state index >= 15 is 0 Å². The van der Waals surface area contributed by atoms with Gasteiger partial charge < -0.3 is 9.80 Å². The number of benzene rings is 3. The first-order chi connectivity index (χ1) is 14.6. The van der Waals surface area contributed by atoms with Gasteiger partial charge in [-0.15, -0.1) is 0 Å². The standard InChI is InChI=1S/C26H24N4/c1-18-14-19(2)24(20(3)15-18)21-8-7-11-23(16-21)30-17-29(22-9-5-4-6-10-22)25-26(30)28-13-12-27-25/h4-16H,17H2,1-3H3. The number of aromatic nitrogens is 2. The van der Waals surface area contributed by atoms with E-state index in [9.17, 15) is 0 Å². The zero-order valence-corrected chi connectivity index (χ0v) is 17.5. The fourth-order valence-corrected chi connectivity index (χ4v) is 4.46. The lowest BCUT2D eigenvalue weighted by Gasteiger charge is -2.22. The number of anilines is 4. The Balaban J connectivity index is 1.58. The lowest BCUT2D eigenvalue weighted by molar-refractivity contribution is 0.976.